The molecule has 1 heterocycles. The molecule has 0 aliphatic carbocycles. The second kappa shape index (κ2) is 4.38. The van der Waals surface area contributed by atoms with Crippen LogP contribution in [0.2, 0.25) is 0 Å². The second-order valence-electron chi connectivity index (χ2n) is 3.58. The maximum absolute atomic E-state index is 5.26. The minimum Gasteiger partial charge on any atom is -0.375 e. The molecule has 0 amide bonds. The van der Waals surface area contributed by atoms with Gasteiger partial charge in [0.25, 0.3) is 0 Å². The van der Waals surface area contributed by atoms with E-state index in [-0.39, 0.29) is 6.04 Å². The van der Waals surface area contributed by atoms with Crippen molar-refractivity contribution < 1.29 is 4.74 Å². The number of ether oxygens (including phenoxy) is 1. The molecule has 1 atom stereocenters. The summed E-state index contributed by atoms with van der Waals surface area (Å²) < 4.78 is 5.26. The standard InChI is InChI=1S/C12H15NO/c1-10(11-5-3-2-4-6-11)13-12-7-8-14-9-12/h2-6,10H,7-9H2,1H3/t10-/m0/s1. The fourth-order valence-corrected chi connectivity index (χ4v) is 1.63. The van der Waals surface area contributed by atoms with Crippen molar-refractivity contribution in [3.05, 3.63) is 35.9 Å². The summed E-state index contributed by atoms with van der Waals surface area (Å²) in [5.41, 5.74) is 2.47. The Morgan fingerprint density at radius 2 is 2.07 bits per heavy atom. The first-order valence-corrected chi connectivity index (χ1v) is 5.04. The lowest BCUT2D eigenvalue weighted by atomic mass is 10.1. The highest BCUT2D eigenvalue weighted by Crippen LogP contribution is 2.17. The SMILES string of the molecule is C[C@H](N=C1CCOC1)c1ccccc1. The first-order chi connectivity index (χ1) is 6.86. The highest BCUT2D eigenvalue weighted by atomic mass is 16.5. The van der Waals surface area contributed by atoms with Gasteiger partial charge in [-0.3, -0.25) is 4.99 Å². The van der Waals surface area contributed by atoms with E-state index in [1.807, 2.05) is 6.07 Å². The van der Waals surface area contributed by atoms with Crippen LogP contribution in [0.1, 0.15) is 24.9 Å². The van der Waals surface area contributed by atoms with Crippen molar-refractivity contribution in [3.8, 4) is 0 Å². The Morgan fingerprint density at radius 3 is 2.71 bits per heavy atom. The van der Waals surface area contributed by atoms with Crippen molar-refractivity contribution in [2.45, 2.75) is 19.4 Å². The molecule has 1 aliphatic rings. The highest BCUT2D eigenvalue weighted by Gasteiger charge is 2.10. The molecule has 2 rings (SSSR count). The predicted octanol–water partition coefficient (Wildman–Crippen LogP) is 2.61. The molecule has 74 valence electrons. The summed E-state index contributed by atoms with van der Waals surface area (Å²) in [5.74, 6) is 0. The quantitative estimate of drug-likeness (QED) is 0.700. The van der Waals surface area contributed by atoms with Gasteiger partial charge in [-0.2, -0.15) is 0 Å². The van der Waals surface area contributed by atoms with Crippen LogP contribution in [0.3, 0.4) is 0 Å². The zero-order chi connectivity index (χ0) is 9.80. The molecule has 1 fully saturated rings. The minimum absolute atomic E-state index is 0.257. The smallest absolute Gasteiger partial charge is 0.0845 e. The van der Waals surface area contributed by atoms with Gasteiger partial charge in [-0.25, -0.2) is 0 Å². The second-order valence-corrected chi connectivity index (χ2v) is 3.58. The van der Waals surface area contributed by atoms with Crippen LogP contribution in [0.15, 0.2) is 35.3 Å². The van der Waals surface area contributed by atoms with Gasteiger partial charge in [0.2, 0.25) is 0 Å². The van der Waals surface area contributed by atoms with Gasteiger partial charge in [0, 0.05) is 12.1 Å². The van der Waals surface area contributed by atoms with Crippen molar-refractivity contribution in [2.24, 2.45) is 4.99 Å². The Labute approximate surface area is 84.6 Å². The molecule has 0 saturated carbocycles. The zero-order valence-corrected chi connectivity index (χ0v) is 8.44. The molecule has 1 aliphatic heterocycles. The number of nitrogens with zero attached hydrogens (tertiary/aromatic N) is 1. The lowest BCUT2D eigenvalue weighted by Gasteiger charge is -2.07. The molecule has 1 aromatic carbocycles. The molecular formula is C12H15NO. The largest absolute Gasteiger partial charge is 0.375 e. The first kappa shape index (κ1) is 9.41. The molecule has 0 radical (unpaired) electrons. The van der Waals surface area contributed by atoms with Gasteiger partial charge in [-0.05, 0) is 12.5 Å². The van der Waals surface area contributed by atoms with E-state index in [1.54, 1.807) is 0 Å². The van der Waals surface area contributed by atoms with E-state index in [1.165, 1.54) is 11.3 Å². The van der Waals surface area contributed by atoms with E-state index in [9.17, 15) is 0 Å². The van der Waals surface area contributed by atoms with Gasteiger partial charge in [-0.1, -0.05) is 30.3 Å². The van der Waals surface area contributed by atoms with Crippen molar-refractivity contribution in [2.75, 3.05) is 13.2 Å². The molecule has 1 aromatic rings. The van der Waals surface area contributed by atoms with Crippen LogP contribution in [0.5, 0.6) is 0 Å². The van der Waals surface area contributed by atoms with Crippen molar-refractivity contribution >= 4 is 5.71 Å². The van der Waals surface area contributed by atoms with E-state index < -0.39 is 0 Å². The molecule has 0 N–H and O–H groups in total. The summed E-state index contributed by atoms with van der Waals surface area (Å²) >= 11 is 0. The van der Waals surface area contributed by atoms with Crippen molar-refractivity contribution in [3.63, 3.8) is 0 Å². The molecule has 1 saturated heterocycles. The summed E-state index contributed by atoms with van der Waals surface area (Å²) in [5, 5.41) is 0. The van der Waals surface area contributed by atoms with Crippen molar-refractivity contribution in [1.82, 2.24) is 0 Å². The average molecular weight is 189 g/mol. The number of rotatable bonds is 2. The van der Waals surface area contributed by atoms with Crippen LogP contribution in [-0.2, 0) is 4.74 Å². The molecule has 0 spiro atoms. The third kappa shape index (κ3) is 2.20. The summed E-state index contributed by atoms with van der Waals surface area (Å²) in [6.45, 7) is 3.68. The van der Waals surface area contributed by atoms with E-state index >= 15 is 0 Å². The summed E-state index contributed by atoms with van der Waals surface area (Å²) in [6.07, 6.45) is 0.997. The molecule has 0 unspecified atom stereocenters. The van der Waals surface area contributed by atoms with Crippen molar-refractivity contribution in [1.29, 1.82) is 0 Å². The van der Waals surface area contributed by atoms with Crippen LogP contribution in [-0.4, -0.2) is 18.9 Å². The van der Waals surface area contributed by atoms with Crippen LogP contribution in [0, 0.1) is 0 Å². The number of benzene rings is 1. The van der Waals surface area contributed by atoms with E-state index in [0.29, 0.717) is 0 Å². The Kier molecular flexibility index (Phi) is 2.94. The molecular weight excluding hydrogens is 174 g/mol. The van der Waals surface area contributed by atoms with Gasteiger partial charge in [0.15, 0.2) is 0 Å². The van der Waals surface area contributed by atoms with Gasteiger partial charge in [0.1, 0.15) is 0 Å². The summed E-state index contributed by atoms with van der Waals surface area (Å²) in [4.78, 5) is 4.64. The number of hydrogen-bond donors (Lipinski definition) is 0. The fourth-order valence-electron chi connectivity index (χ4n) is 1.63. The normalized spacial score (nSPS) is 21.4. The van der Waals surface area contributed by atoms with Gasteiger partial charge in [-0.15, -0.1) is 0 Å². The van der Waals surface area contributed by atoms with Crippen LogP contribution in [0.4, 0.5) is 0 Å². The van der Waals surface area contributed by atoms with Crippen LogP contribution >= 0.6 is 0 Å². The number of aliphatic imine (C=N–C) groups is 1. The van der Waals surface area contributed by atoms with Gasteiger partial charge >= 0.3 is 0 Å². The maximum atomic E-state index is 5.26. The third-order valence-corrected chi connectivity index (χ3v) is 2.46. The maximum Gasteiger partial charge on any atom is 0.0845 e. The Morgan fingerprint density at radius 1 is 1.29 bits per heavy atom. The third-order valence-electron chi connectivity index (χ3n) is 2.46. The molecule has 0 aromatic heterocycles. The molecule has 0 bridgehead atoms. The fraction of sp³-hybridized carbons (Fsp3) is 0.417. The molecule has 2 heteroatoms. The Hall–Kier alpha value is -1.15. The number of hydrogen-bond acceptors (Lipinski definition) is 2. The lowest BCUT2D eigenvalue weighted by molar-refractivity contribution is 0.209. The topological polar surface area (TPSA) is 21.6 Å². The average Bonchev–Trinajstić information content (AvgIpc) is 2.72. The Balaban J connectivity index is 2.08. The predicted molar refractivity (Wildman–Crippen MR) is 57.7 cm³/mol. The van der Waals surface area contributed by atoms with E-state index in [0.717, 1.165) is 19.6 Å². The minimum atomic E-state index is 0.257. The van der Waals surface area contributed by atoms with Gasteiger partial charge < -0.3 is 4.74 Å². The van der Waals surface area contributed by atoms with Crippen LogP contribution < -0.4 is 0 Å². The summed E-state index contributed by atoms with van der Waals surface area (Å²) in [7, 11) is 0. The zero-order valence-electron chi connectivity index (χ0n) is 8.44. The molecule has 14 heavy (non-hydrogen) atoms. The first-order valence-electron chi connectivity index (χ1n) is 5.04. The van der Waals surface area contributed by atoms with E-state index in [2.05, 4.69) is 36.2 Å². The van der Waals surface area contributed by atoms with Crippen LogP contribution in [0.25, 0.3) is 0 Å². The summed E-state index contributed by atoms with van der Waals surface area (Å²) in [6, 6.07) is 10.6. The highest BCUT2D eigenvalue weighted by molar-refractivity contribution is 5.87. The Bertz CT molecular complexity index is 310. The monoisotopic (exact) mass is 189 g/mol. The van der Waals surface area contributed by atoms with E-state index in [4.69, 9.17) is 4.74 Å². The molecule has 2 nitrogen and oxygen atoms in total. The van der Waals surface area contributed by atoms with Gasteiger partial charge in [0.05, 0.1) is 19.3 Å². The lowest BCUT2D eigenvalue weighted by Crippen LogP contribution is -2.00.